The molecule has 0 aliphatic rings. The van der Waals surface area contributed by atoms with Crippen molar-refractivity contribution < 1.29 is 4.74 Å². The van der Waals surface area contributed by atoms with E-state index >= 15 is 0 Å². The Morgan fingerprint density at radius 2 is 1.02 bits per heavy atom. The van der Waals surface area contributed by atoms with Crippen LogP contribution in [0.5, 0.6) is 11.5 Å². The Bertz CT molecular complexity index is 2960. The van der Waals surface area contributed by atoms with Crippen LogP contribution in [0.25, 0.3) is 27.6 Å². The average Bonchev–Trinajstić information content (AvgIpc) is 3.61. The Morgan fingerprint density at radius 1 is 0.452 bits per heavy atom. The highest BCUT2D eigenvalue weighted by Crippen LogP contribution is 2.46. The number of para-hydroxylation sites is 4. The molecule has 0 fully saturated rings. The summed E-state index contributed by atoms with van der Waals surface area (Å²) < 4.78 is 8.91. The van der Waals surface area contributed by atoms with Crippen molar-refractivity contribution in [3.8, 4) is 17.3 Å². The molecule has 0 amide bonds. The number of hydrogen-bond donors (Lipinski definition) is 2. The van der Waals surface area contributed by atoms with Gasteiger partial charge in [-0.2, -0.15) is 0 Å². The lowest BCUT2D eigenvalue weighted by atomic mass is 9.72. The highest BCUT2D eigenvalue weighted by Gasteiger charge is 2.33. The summed E-state index contributed by atoms with van der Waals surface area (Å²) in [6, 6.07) is 64.1. The second kappa shape index (κ2) is 16.1. The normalized spacial score (nSPS) is 12.1. The predicted molar refractivity (Wildman–Crippen MR) is 260 cm³/mol. The first-order valence-electron chi connectivity index (χ1n) is 21.5. The Kier molecular flexibility index (Phi) is 10.4. The summed E-state index contributed by atoms with van der Waals surface area (Å²) in [5.74, 6) is 2.37. The zero-order valence-electron chi connectivity index (χ0n) is 36.7. The van der Waals surface area contributed by atoms with E-state index in [0.717, 1.165) is 56.5 Å². The molecule has 0 spiro atoms. The minimum atomic E-state index is -0.287. The van der Waals surface area contributed by atoms with Crippen LogP contribution < -0.4 is 15.4 Å². The number of pyridine rings is 1. The molecule has 9 rings (SSSR count). The summed E-state index contributed by atoms with van der Waals surface area (Å²) in [5.41, 5.74) is 11.7. The van der Waals surface area contributed by atoms with Crippen LogP contribution >= 0.6 is 0 Å². The van der Waals surface area contributed by atoms with Gasteiger partial charge in [-0.25, -0.2) is 4.98 Å². The van der Waals surface area contributed by atoms with Crippen LogP contribution in [0.4, 0.5) is 22.7 Å². The van der Waals surface area contributed by atoms with Crippen LogP contribution in [0.3, 0.4) is 0 Å². The fourth-order valence-electron chi connectivity index (χ4n) is 8.78. The van der Waals surface area contributed by atoms with Crippen LogP contribution in [-0.2, 0) is 16.2 Å². The molecule has 0 aliphatic carbocycles. The molecule has 0 aliphatic heterocycles. The van der Waals surface area contributed by atoms with Gasteiger partial charge in [-0.15, -0.1) is 0 Å². The fourth-order valence-corrected chi connectivity index (χ4v) is 8.78. The van der Waals surface area contributed by atoms with Gasteiger partial charge in [-0.3, -0.25) is 4.57 Å². The molecule has 2 heterocycles. The monoisotopic (exact) mass is 810 g/mol. The van der Waals surface area contributed by atoms with Crippen LogP contribution in [0.15, 0.2) is 188 Å². The first-order valence-corrected chi connectivity index (χ1v) is 21.5. The van der Waals surface area contributed by atoms with E-state index in [0.29, 0.717) is 0 Å². The highest BCUT2D eigenvalue weighted by molar-refractivity contribution is 6.09. The van der Waals surface area contributed by atoms with Gasteiger partial charge < -0.3 is 15.4 Å². The molecule has 5 nitrogen and oxygen atoms in total. The second-order valence-electron chi connectivity index (χ2n) is 18.3. The van der Waals surface area contributed by atoms with Crippen molar-refractivity contribution in [1.29, 1.82) is 0 Å². The van der Waals surface area contributed by atoms with Gasteiger partial charge in [0.05, 0.1) is 22.4 Å². The van der Waals surface area contributed by atoms with Crippen LogP contribution in [0.1, 0.15) is 76.3 Å². The van der Waals surface area contributed by atoms with E-state index in [4.69, 9.17) is 9.72 Å². The van der Waals surface area contributed by atoms with Crippen LogP contribution in [0.2, 0.25) is 0 Å². The van der Waals surface area contributed by atoms with Crippen molar-refractivity contribution in [1.82, 2.24) is 9.55 Å². The van der Waals surface area contributed by atoms with Crippen molar-refractivity contribution in [3.05, 3.63) is 216 Å². The third kappa shape index (κ3) is 7.71. The van der Waals surface area contributed by atoms with E-state index in [1.807, 2.05) is 18.3 Å². The maximum absolute atomic E-state index is 6.66. The fraction of sp³-hybridized carbons (Fsp3) is 0.175. The maximum Gasteiger partial charge on any atom is 0.137 e. The smallest absolute Gasteiger partial charge is 0.137 e. The van der Waals surface area contributed by atoms with Crippen molar-refractivity contribution in [2.24, 2.45) is 0 Å². The number of hydrogen-bond acceptors (Lipinski definition) is 4. The summed E-state index contributed by atoms with van der Waals surface area (Å²) >= 11 is 0. The van der Waals surface area contributed by atoms with Gasteiger partial charge in [0.1, 0.15) is 17.3 Å². The average molecular weight is 811 g/mol. The number of benzene rings is 7. The van der Waals surface area contributed by atoms with Gasteiger partial charge in [0, 0.05) is 51.3 Å². The zero-order valence-corrected chi connectivity index (χ0v) is 36.7. The lowest BCUT2D eigenvalue weighted by Crippen LogP contribution is -2.25. The van der Waals surface area contributed by atoms with Crippen molar-refractivity contribution in [2.75, 3.05) is 10.6 Å². The molecular weight excluding hydrogens is 757 g/mol. The molecule has 0 bridgehead atoms. The van der Waals surface area contributed by atoms with Gasteiger partial charge in [0.15, 0.2) is 0 Å². The molecular formula is C57H54N4O. The molecule has 0 atom stereocenters. The molecule has 0 saturated heterocycles. The number of nitrogens with one attached hydrogen (secondary N) is 2. The maximum atomic E-state index is 6.66. The minimum Gasteiger partial charge on any atom is -0.457 e. The lowest BCUT2D eigenvalue weighted by Gasteiger charge is -2.35. The van der Waals surface area contributed by atoms with Gasteiger partial charge in [-0.05, 0) is 87.8 Å². The zero-order chi connectivity index (χ0) is 43.1. The third-order valence-corrected chi connectivity index (χ3v) is 12.4. The first kappa shape index (κ1) is 40.3. The van der Waals surface area contributed by atoms with Crippen molar-refractivity contribution >= 4 is 44.6 Å². The number of rotatable bonds is 11. The van der Waals surface area contributed by atoms with E-state index in [-0.39, 0.29) is 16.2 Å². The summed E-state index contributed by atoms with van der Waals surface area (Å²) in [6.45, 7) is 16.0. The SMILES string of the molecule is CC(C)(C)c1ccnc(-n2c3ccccc3c3ccc(Oc4cccc(Nc5ccccc5Nc5c(C(C)(C)c6ccccc6)cccc5C(C)(C)c5ccccc5)c4)cc32)c1. The summed E-state index contributed by atoms with van der Waals surface area (Å²) in [5, 5.41) is 10.1. The Morgan fingerprint density at radius 3 is 1.68 bits per heavy atom. The molecule has 7 aromatic carbocycles. The van der Waals surface area contributed by atoms with Crippen LogP contribution in [0, 0.1) is 0 Å². The third-order valence-electron chi connectivity index (χ3n) is 12.4. The molecule has 308 valence electrons. The van der Waals surface area contributed by atoms with Gasteiger partial charge in [-0.1, -0.05) is 164 Å². The lowest BCUT2D eigenvalue weighted by molar-refractivity contribution is 0.483. The number of ether oxygens (including phenoxy) is 1. The predicted octanol–water partition coefficient (Wildman–Crippen LogP) is 15.4. The number of nitrogens with zero attached hydrogens (tertiary/aromatic N) is 2. The second-order valence-corrected chi connectivity index (χ2v) is 18.3. The standard InChI is InChI=1S/C57H54N4O/c1-55(2,3)41-34-35-58-53(36-41)61-51-31-17-14-26-45(51)46-33-32-44(38-52(46)61)62-43-25-18-24-42(37-43)59-49-29-15-16-30-50(49)60-54-47(56(4,5)39-20-10-8-11-21-39)27-19-28-48(54)57(6,7)40-22-12-9-13-23-40/h8-38,59-60H,1-7H3. The first-order chi connectivity index (χ1) is 29.9. The number of fused-ring (bicyclic) bond motifs is 3. The van der Waals surface area contributed by atoms with Crippen molar-refractivity contribution in [2.45, 2.75) is 64.7 Å². The Hall–Kier alpha value is -7.11. The Balaban J connectivity index is 1.06. The van der Waals surface area contributed by atoms with E-state index in [1.165, 1.54) is 33.2 Å². The molecule has 9 aromatic rings. The van der Waals surface area contributed by atoms with E-state index in [1.54, 1.807) is 0 Å². The molecule has 0 radical (unpaired) electrons. The summed E-state index contributed by atoms with van der Waals surface area (Å²) in [7, 11) is 0. The largest absolute Gasteiger partial charge is 0.457 e. The molecule has 5 heteroatoms. The quantitative estimate of drug-likeness (QED) is 0.137. The molecule has 62 heavy (non-hydrogen) atoms. The van der Waals surface area contributed by atoms with Gasteiger partial charge in [0.2, 0.25) is 0 Å². The summed E-state index contributed by atoms with van der Waals surface area (Å²) in [6.07, 6.45) is 1.91. The van der Waals surface area contributed by atoms with E-state index in [9.17, 15) is 0 Å². The molecule has 2 N–H and O–H groups in total. The van der Waals surface area contributed by atoms with Gasteiger partial charge in [0.25, 0.3) is 0 Å². The number of aromatic nitrogens is 2. The van der Waals surface area contributed by atoms with E-state index < -0.39 is 0 Å². The molecule has 0 saturated carbocycles. The number of anilines is 4. The topological polar surface area (TPSA) is 51.1 Å². The highest BCUT2D eigenvalue weighted by atomic mass is 16.5. The van der Waals surface area contributed by atoms with Crippen LogP contribution in [-0.4, -0.2) is 9.55 Å². The minimum absolute atomic E-state index is 0.00759. The Labute approximate surface area is 366 Å². The molecule has 2 aromatic heterocycles. The van der Waals surface area contributed by atoms with Gasteiger partial charge >= 0.3 is 0 Å². The molecule has 0 unspecified atom stereocenters. The van der Waals surface area contributed by atoms with E-state index in [2.05, 4.69) is 234 Å². The van der Waals surface area contributed by atoms with Crippen molar-refractivity contribution in [3.63, 3.8) is 0 Å². The summed E-state index contributed by atoms with van der Waals surface area (Å²) in [4.78, 5) is 4.86.